The molecule has 1 unspecified atom stereocenters. The van der Waals surface area contributed by atoms with Gasteiger partial charge in [-0.15, -0.1) is 0 Å². The van der Waals surface area contributed by atoms with Crippen LogP contribution in [0, 0.1) is 5.82 Å². The molecule has 0 bridgehead atoms. The Hall–Kier alpha value is -4.20. The molecule has 5 aromatic rings. The molecule has 34 heavy (non-hydrogen) atoms. The predicted molar refractivity (Wildman–Crippen MR) is 130 cm³/mol. The van der Waals surface area contributed by atoms with Gasteiger partial charge in [0.1, 0.15) is 24.4 Å². The number of fused-ring (bicyclic) bond motifs is 3. The van der Waals surface area contributed by atoms with Gasteiger partial charge >= 0.3 is 0 Å². The van der Waals surface area contributed by atoms with Crippen LogP contribution in [0.5, 0.6) is 5.75 Å². The Balaban J connectivity index is 1.47. The van der Waals surface area contributed by atoms with Gasteiger partial charge in [0, 0.05) is 17.0 Å². The summed E-state index contributed by atoms with van der Waals surface area (Å²) in [4.78, 5) is 12.0. The van der Waals surface area contributed by atoms with E-state index in [9.17, 15) is 4.39 Å². The third-order valence-corrected chi connectivity index (χ3v) is 6.47. The van der Waals surface area contributed by atoms with Gasteiger partial charge in [-0.1, -0.05) is 36.9 Å². The van der Waals surface area contributed by atoms with E-state index in [0.717, 1.165) is 30.3 Å². The molecule has 1 aliphatic rings. The van der Waals surface area contributed by atoms with Crippen molar-refractivity contribution in [1.29, 1.82) is 0 Å². The van der Waals surface area contributed by atoms with Gasteiger partial charge in [-0.3, -0.25) is 0 Å². The van der Waals surface area contributed by atoms with Crippen LogP contribution in [0.25, 0.3) is 33.3 Å². The zero-order chi connectivity index (χ0) is 23.2. The van der Waals surface area contributed by atoms with Crippen LogP contribution in [0.3, 0.4) is 0 Å². The summed E-state index contributed by atoms with van der Waals surface area (Å²) in [6, 6.07) is 13.7. The van der Waals surface area contributed by atoms with Crippen molar-refractivity contribution in [3.05, 3.63) is 78.4 Å². The second kappa shape index (κ2) is 7.98. The van der Waals surface area contributed by atoms with Crippen LogP contribution in [0.1, 0.15) is 23.6 Å². The summed E-state index contributed by atoms with van der Waals surface area (Å²) in [7, 11) is 0. The number of nitrogens with zero attached hydrogens (tertiary/aromatic N) is 4. The fraction of sp³-hybridized carbons (Fsp3) is 0.192. The number of aromatic amines is 1. The van der Waals surface area contributed by atoms with Crippen molar-refractivity contribution in [3.63, 3.8) is 0 Å². The summed E-state index contributed by atoms with van der Waals surface area (Å²) in [5.74, 6) is 0.0983. The number of hydrogen-bond donors (Lipinski definition) is 2. The zero-order valence-corrected chi connectivity index (χ0v) is 18.5. The number of hydrogen-bond acceptors (Lipinski definition) is 5. The van der Waals surface area contributed by atoms with E-state index in [1.54, 1.807) is 12.1 Å². The molecule has 8 heteroatoms. The number of halogens is 1. The van der Waals surface area contributed by atoms with Crippen LogP contribution < -0.4 is 10.5 Å². The Morgan fingerprint density at radius 3 is 2.91 bits per heavy atom. The summed E-state index contributed by atoms with van der Waals surface area (Å²) in [6.45, 7) is 3.84. The number of ether oxygens (including phenoxy) is 1. The highest BCUT2D eigenvalue weighted by Crippen LogP contribution is 2.37. The van der Waals surface area contributed by atoms with Crippen molar-refractivity contribution >= 4 is 27.8 Å². The lowest BCUT2D eigenvalue weighted by molar-refractivity contribution is 0.342. The number of H-pyrrole nitrogens is 1. The first kappa shape index (κ1) is 20.4. The van der Waals surface area contributed by atoms with E-state index >= 15 is 0 Å². The van der Waals surface area contributed by atoms with E-state index in [1.807, 2.05) is 10.7 Å². The Labute approximate surface area is 195 Å². The van der Waals surface area contributed by atoms with E-state index in [1.165, 1.54) is 23.5 Å². The summed E-state index contributed by atoms with van der Waals surface area (Å²) >= 11 is 0. The number of anilines is 1. The van der Waals surface area contributed by atoms with Gasteiger partial charge in [0.2, 0.25) is 0 Å². The smallest absolute Gasteiger partial charge is 0.167 e. The van der Waals surface area contributed by atoms with Gasteiger partial charge in [-0.25, -0.2) is 19.0 Å². The summed E-state index contributed by atoms with van der Waals surface area (Å²) in [5.41, 5.74) is 11.7. The summed E-state index contributed by atoms with van der Waals surface area (Å²) < 4.78 is 21.9. The van der Waals surface area contributed by atoms with Crippen LogP contribution in [0.2, 0.25) is 0 Å². The average Bonchev–Trinajstić information content (AvgIpc) is 3.44. The van der Waals surface area contributed by atoms with Crippen LogP contribution in [0.15, 0.2) is 61.4 Å². The number of nitrogen functional groups attached to an aromatic ring is 1. The van der Waals surface area contributed by atoms with Gasteiger partial charge < -0.3 is 15.5 Å². The Morgan fingerprint density at radius 2 is 2.06 bits per heavy atom. The Bertz CT molecular complexity index is 1550. The molecule has 0 saturated heterocycles. The van der Waals surface area contributed by atoms with E-state index < -0.39 is 5.82 Å². The lowest BCUT2D eigenvalue weighted by Crippen LogP contribution is -2.20. The second-order valence-corrected chi connectivity index (χ2v) is 8.57. The molecule has 3 aromatic heterocycles. The van der Waals surface area contributed by atoms with Gasteiger partial charge in [-0.2, -0.15) is 5.10 Å². The first-order valence-corrected chi connectivity index (χ1v) is 11.2. The van der Waals surface area contributed by atoms with Crippen LogP contribution in [0.4, 0.5) is 10.2 Å². The fourth-order valence-electron chi connectivity index (χ4n) is 4.85. The maximum absolute atomic E-state index is 14.5. The Morgan fingerprint density at radius 1 is 1.21 bits per heavy atom. The van der Waals surface area contributed by atoms with Crippen LogP contribution in [-0.2, 0) is 12.8 Å². The molecular formula is C26H23FN6O. The predicted octanol–water partition coefficient (Wildman–Crippen LogP) is 4.99. The van der Waals surface area contributed by atoms with Gasteiger partial charge in [0.25, 0.3) is 0 Å². The molecule has 3 heterocycles. The average molecular weight is 455 g/mol. The molecule has 0 amide bonds. The molecular weight excluding hydrogens is 431 g/mol. The standard InChI is InChI=1S/C26H23FN6O/c1-2-9-34-22-12-17-11-21(31-20(17)13-19(22)27)24-23-25(28)29-14-30-26(23)33(32-24)18-8-7-15-5-3-4-6-16(15)10-18/h2-6,11-14,18,31H,1,7-10H2,(H2,28,29,30). The van der Waals surface area contributed by atoms with Crippen molar-refractivity contribution in [2.45, 2.75) is 25.3 Å². The highest BCUT2D eigenvalue weighted by molar-refractivity contribution is 6.00. The topological polar surface area (TPSA) is 94.6 Å². The maximum Gasteiger partial charge on any atom is 0.167 e. The number of aryl methyl sites for hydroxylation is 1. The SMILES string of the molecule is C=CCOc1cc2cc(-c3nn(C4CCc5ccccc5C4)c4ncnc(N)c34)[nH]c2cc1F. The van der Waals surface area contributed by atoms with Crippen molar-refractivity contribution in [3.8, 4) is 17.1 Å². The highest BCUT2D eigenvalue weighted by atomic mass is 19.1. The van der Waals surface area contributed by atoms with Gasteiger partial charge in [0.05, 0.1) is 17.1 Å². The van der Waals surface area contributed by atoms with Gasteiger partial charge in [0.15, 0.2) is 17.2 Å². The molecule has 0 saturated carbocycles. The number of benzene rings is 2. The minimum atomic E-state index is -0.443. The van der Waals surface area contributed by atoms with E-state index in [4.69, 9.17) is 15.6 Å². The molecule has 0 spiro atoms. The number of nitrogens with one attached hydrogen (secondary N) is 1. The third kappa shape index (κ3) is 3.30. The summed E-state index contributed by atoms with van der Waals surface area (Å²) in [6.07, 6.45) is 5.87. The van der Waals surface area contributed by atoms with Crippen LogP contribution >= 0.6 is 0 Å². The normalized spacial score (nSPS) is 15.5. The lowest BCUT2D eigenvalue weighted by Gasteiger charge is -2.25. The molecule has 1 atom stereocenters. The van der Waals surface area contributed by atoms with E-state index in [0.29, 0.717) is 28.1 Å². The monoisotopic (exact) mass is 454 g/mol. The second-order valence-electron chi connectivity index (χ2n) is 8.57. The first-order chi connectivity index (χ1) is 16.6. The maximum atomic E-state index is 14.5. The van der Waals surface area contributed by atoms with Crippen molar-refractivity contribution in [2.24, 2.45) is 0 Å². The van der Waals surface area contributed by atoms with Gasteiger partial charge in [-0.05, 0) is 42.5 Å². The lowest BCUT2D eigenvalue weighted by atomic mass is 9.88. The molecule has 7 nitrogen and oxygen atoms in total. The first-order valence-electron chi connectivity index (χ1n) is 11.2. The fourth-order valence-corrected chi connectivity index (χ4v) is 4.85. The molecule has 1 aliphatic carbocycles. The minimum absolute atomic E-state index is 0.154. The van der Waals surface area contributed by atoms with Crippen molar-refractivity contribution in [1.82, 2.24) is 24.7 Å². The third-order valence-electron chi connectivity index (χ3n) is 6.47. The molecule has 2 aromatic carbocycles. The van der Waals surface area contributed by atoms with Crippen LogP contribution in [-0.4, -0.2) is 31.3 Å². The van der Waals surface area contributed by atoms with Crippen molar-refractivity contribution < 1.29 is 9.13 Å². The molecule has 170 valence electrons. The number of aromatic nitrogens is 5. The zero-order valence-electron chi connectivity index (χ0n) is 18.5. The summed E-state index contributed by atoms with van der Waals surface area (Å²) in [5, 5.41) is 6.47. The highest BCUT2D eigenvalue weighted by Gasteiger charge is 2.26. The minimum Gasteiger partial charge on any atom is -0.486 e. The van der Waals surface area contributed by atoms with E-state index in [2.05, 4.69) is 45.8 Å². The molecule has 3 N–H and O–H groups in total. The largest absolute Gasteiger partial charge is 0.486 e. The molecule has 0 aliphatic heterocycles. The van der Waals surface area contributed by atoms with Crippen molar-refractivity contribution in [2.75, 3.05) is 12.3 Å². The molecule has 0 fully saturated rings. The number of rotatable bonds is 5. The van der Waals surface area contributed by atoms with E-state index in [-0.39, 0.29) is 18.4 Å². The quantitative estimate of drug-likeness (QED) is 0.365. The molecule has 0 radical (unpaired) electrons. The Kier molecular flexibility index (Phi) is 4.79. The molecule has 6 rings (SSSR count). The number of nitrogens with two attached hydrogens (primary N) is 1.